The van der Waals surface area contributed by atoms with Crippen LogP contribution in [0, 0.1) is 0 Å². The molecule has 0 spiro atoms. The molecule has 0 bridgehead atoms. The number of ether oxygens (including phenoxy) is 1. The van der Waals surface area contributed by atoms with Crippen molar-refractivity contribution in [2.45, 2.75) is 6.61 Å². The third-order valence-corrected chi connectivity index (χ3v) is 1.19. The van der Waals surface area contributed by atoms with Gasteiger partial charge in [0.25, 0.3) is 0 Å². The smallest absolute Gasteiger partial charge is 1.00 e. The summed E-state index contributed by atoms with van der Waals surface area (Å²) in [6.45, 7) is -3.05. The van der Waals surface area contributed by atoms with Gasteiger partial charge in [-0.25, -0.2) is 9.78 Å². The van der Waals surface area contributed by atoms with Crippen LogP contribution in [0.25, 0.3) is 0 Å². The van der Waals surface area contributed by atoms with Gasteiger partial charge >= 0.3 is 42.1 Å². The van der Waals surface area contributed by atoms with Crippen molar-refractivity contribution < 1.29 is 54.4 Å². The zero-order valence-corrected chi connectivity index (χ0v) is 9.28. The van der Waals surface area contributed by atoms with Gasteiger partial charge in [-0.05, 0) is 12.1 Å². The van der Waals surface area contributed by atoms with E-state index in [0.717, 1.165) is 6.07 Å². The van der Waals surface area contributed by atoms with Gasteiger partial charge in [0.1, 0.15) is 0 Å². The first-order valence-corrected chi connectivity index (χ1v) is 3.24. The molecule has 0 radical (unpaired) electrons. The van der Waals surface area contributed by atoms with Crippen molar-refractivity contribution in [2.24, 2.45) is 0 Å². The molecule has 7 heteroatoms. The number of carbonyl (C=O) groups is 1. The molecule has 0 atom stereocenters. The second-order valence-corrected chi connectivity index (χ2v) is 2.03. The Labute approximate surface area is 102 Å². The number of carboxylic acids is 1. The number of rotatable bonds is 3. The van der Waals surface area contributed by atoms with Crippen LogP contribution in [0.5, 0.6) is 5.75 Å². The van der Waals surface area contributed by atoms with E-state index in [9.17, 15) is 13.6 Å². The quantitative estimate of drug-likeness (QED) is 0.620. The Bertz CT molecular complexity index is 327. The topological polar surface area (TPSA) is 59.4 Å². The van der Waals surface area contributed by atoms with E-state index in [-0.39, 0.29) is 31.0 Å². The van der Waals surface area contributed by atoms with Crippen molar-refractivity contribution in [3.8, 4) is 5.75 Å². The van der Waals surface area contributed by atoms with Crippen molar-refractivity contribution in [1.82, 2.24) is 4.98 Å². The molecule has 1 aromatic rings. The second-order valence-electron chi connectivity index (χ2n) is 2.03. The van der Waals surface area contributed by atoms with Crippen LogP contribution >= 0.6 is 0 Å². The number of alkyl halides is 2. The zero-order valence-electron chi connectivity index (χ0n) is 8.28. The molecule has 4 nitrogen and oxygen atoms in total. The maximum atomic E-state index is 11.7. The first-order valence-electron chi connectivity index (χ1n) is 3.24. The molecule has 0 saturated carbocycles. The molecule has 1 N–H and O–H groups in total. The van der Waals surface area contributed by atoms with Crippen LogP contribution in [0.3, 0.4) is 0 Å². The van der Waals surface area contributed by atoms with Gasteiger partial charge in [-0.1, -0.05) is 0 Å². The summed E-state index contributed by atoms with van der Waals surface area (Å²) in [6.07, 6.45) is 1.18. The monoisotopic (exact) mass is 213 g/mol. The van der Waals surface area contributed by atoms with Gasteiger partial charge in [-0.3, -0.25) is 0 Å². The van der Waals surface area contributed by atoms with Gasteiger partial charge in [0.15, 0.2) is 11.4 Å². The Balaban J connectivity index is 0. The summed E-state index contributed by atoms with van der Waals surface area (Å²) in [5.41, 5.74) is -0.525. The summed E-state index contributed by atoms with van der Waals surface area (Å²) in [6, 6.07) is 2.42. The van der Waals surface area contributed by atoms with Crippen LogP contribution in [-0.2, 0) is 0 Å². The minimum Gasteiger partial charge on any atom is -1.00 e. The van der Waals surface area contributed by atoms with E-state index in [2.05, 4.69) is 9.72 Å². The van der Waals surface area contributed by atoms with Gasteiger partial charge in [0.05, 0.1) is 0 Å². The molecule has 0 unspecified atom stereocenters. The van der Waals surface area contributed by atoms with Gasteiger partial charge in [0, 0.05) is 6.20 Å². The molecule has 1 aromatic heterocycles. The third-order valence-electron chi connectivity index (χ3n) is 1.19. The van der Waals surface area contributed by atoms with Crippen molar-refractivity contribution in [3.63, 3.8) is 0 Å². The predicted molar refractivity (Wildman–Crippen MR) is 38.9 cm³/mol. The number of carboxylic acid groups (broad SMARTS) is 1. The van der Waals surface area contributed by atoms with Crippen molar-refractivity contribution in [1.29, 1.82) is 0 Å². The second kappa shape index (κ2) is 5.90. The predicted octanol–water partition coefficient (Wildman–Crippen LogP) is -1.50. The molecule has 0 saturated heterocycles. The fraction of sp³-hybridized carbons (Fsp3) is 0.143. The van der Waals surface area contributed by atoms with Crippen LogP contribution in [0.1, 0.15) is 11.9 Å². The van der Waals surface area contributed by atoms with E-state index >= 15 is 0 Å². The van der Waals surface area contributed by atoms with Crippen molar-refractivity contribution >= 4 is 5.97 Å². The number of aromatic carboxylic acids is 1. The number of pyridine rings is 1. The molecule has 1 rings (SSSR count). The van der Waals surface area contributed by atoms with Crippen molar-refractivity contribution in [2.75, 3.05) is 0 Å². The minimum atomic E-state index is -3.05. The first-order chi connectivity index (χ1) is 6.11. The molecule has 72 valence electrons. The van der Waals surface area contributed by atoms with Gasteiger partial charge in [-0.2, -0.15) is 8.78 Å². The number of aromatic nitrogens is 1. The maximum absolute atomic E-state index is 11.7. The minimum absolute atomic E-state index is 0. The maximum Gasteiger partial charge on any atom is 1.00 e. The molecule has 0 fully saturated rings. The standard InChI is InChI=1S/C7H5F2NO3.Na.H/c8-7(9)13-4-2-1-3-10-5(4)6(11)12;;/h1-3,7H,(H,11,12);;/q;+1;-1. The summed E-state index contributed by atoms with van der Waals surface area (Å²) < 4.78 is 27.4. The Morgan fingerprint density at radius 3 is 2.79 bits per heavy atom. The average molecular weight is 213 g/mol. The Kier molecular flexibility index (Phi) is 5.59. The third kappa shape index (κ3) is 3.57. The van der Waals surface area contributed by atoms with E-state index < -0.39 is 24.0 Å². The molecule has 0 aliphatic heterocycles. The summed E-state index contributed by atoms with van der Waals surface area (Å²) in [4.78, 5) is 13.8. The van der Waals surface area contributed by atoms with Crippen LogP contribution in [-0.4, -0.2) is 22.7 Å². The number of nitrogens with zero attached hydrogens (tertiary/aromatic N) is 1. The van der Waals surface area contributed by atoms with Crippen LogP contribution in [0.15, 0.2) is 18.3 Å². The largest absolute Gasteiger partial charge is 1.00 e. The van der Waals surface area contributed by atoms with Crippen LogP contribution < -0.4 is 34.3 Å². The van der Waals surface area contributed by atoms with Crippen LogP contribution in [0.2, 0.25) is 0 Å². The Morgan fingerprint density at radius 1 is 1.64 bits per heavy atom. The summed E-state index contributed by atoms with van der Waals surface area (Å²) >= 11 is 0. The van der Waals surface area contributed by atoms with Gasteiger partial charge in [0.2, 0.25) is 0 Å². The fourth-order valence-electron chi connectivity index (χ4n) is 0.742. The molecule has 0 aliphatic carbocycles. The number of halogens is 2. The molecule has 0 aromatic carbocycles. The number of hydrogen-bond donors (Lipinski definition) is 1. The van der Waals surface area contributed by atoms with E-state index in [1.165, 1.54) is 12.3 Å². The Morgan fingerprint density at radius 2 is 2.29 bits per heavy atom. The molecule has 14 heavy (non-hydrogen) atoms. The van der Waals surface area contributed by atoms with E-state index in [1.54, 1.807) is 0 Å². The molecule has 0 aliphatic rings. The van der Waals surface area contributed by atoms with Gasteiger partial charge < -0.3 is 11.3 Å². The molecule has 1 heterocycles. The summed E-state index contributed by atoms with van der Waals surface area (Å²) in [5.74, 6) is -1.85. The van der Waals surface area contributed by atoms with Crippen LogP contribution in [0.4, 0.5) is 8.78 Å². The van der Waals surface area contributed by atoms with Crippen molar-refractivity contribution in [3.05, 3.63) is 24.0 Å². The first kappa shape index (κ1) is 13.3. The summed E-state index contributed by atoms with van der Waals surface area (Å²) in [7, 11) is 0. The summed E-state index contributed by atoms with van der Waals surface area (Å²) in [5, 5.41) is 8.49. The molecule has 0 amide bonds. The SMILES string of the molecule is O=C(O)c1ncccc1OC(F)F.[H-].[Na+]. The van der Waals surface area contributed by atoms with E-state index in [0.29, 0.717) is 0 Å². The normalized spacial score (nSPS) is 9.36. The number of hydrogen-bond acceptors (Lipinski definition) is 3. The van der Waals surface area contributed by atoms with Gasteiger partial charge in [-0.15, -0.1) is 0 Å². The van der Waals surface area contributed by atoms with E-state index in [4.69, 9.17) is 5.11 Å². The average Bonchev–Trinajstić information content (AvgIpc) is 2.03. The fourth-order valence-corrected chi connectivity index (χ4v) is 0.742. The molecular formula is C7H6F2NNaO3. The zero-order chi connectivity index (χ0) is 9.84. The van der Waals surface area contributed by atoms with E-state index in [1.807, 2.05) is 0 Å². The molecular weight excluding hydrogens is 207 g/mol. The Hall–Kier alpha value is -0.720.